The molecular weight excluding hydrogens is 414 g/mol. The van der Waals surface area contributed by atoms with Crippen molar-refractivity contribution in [2.45, 2.75) is 64.8 Å². The van der Waals surface area contributed by atoms with Gasteiger partial charge < -0.3 is 10.1 Å². The van der Waals surface area contributed by atoms with E-state index in [-0.39, 0.29) is 0 Å². The van der Waals surface area contributed by atoms with Crippen LogP contribution in [-0.4, -0.2) is 47.7 Å². The third kappa shape index (κ3) is 6.64. The van der Waals surface area contributed by atoms with Crippen LogP contribution in [0.2, 0.25) is 25.7 Å². The van der Waals surface area contributed by atoms with Crippen molar-refractivity contribution in [3.05, 3.63) is 53.6 Å². The molecule has 0 spiro atoms. The predicted molar refractivity (Wildman–Crippen MR) is 135 cm³/mol. The Kier molecular flexibility index (Phi) is 7.60. The van der Waals surface area contributed by atoms with Gasteiger partial charge in [0.25, 0.3) is 0 Å². The Morgan fingerprint density at radius 3 is 2.66 bits per heavy atom. The summed E-state index contributed by atoms with van der Waals surface area (Å²) in [4.78, 5) is 2.56. The monoisotopic (exact) mass is 451 g/mol. The Hall–Kier alpha value is -2.22. The lowest BCUT2D eigenvalue weighted by Gasteiger charge is -2.26. The molecule has 0 aliphatic carbocycles. The van der Waals surface area contributed by atoms with Gasteiger partial charge in [-0.05, 0) is 67.4 Å². The Labute approximate surface area is 193 Å². The first-order valence-electron chi connectivity index (χ1n) is 11.9. The maximum absolute atomic E-state index is 5.84. The summed E-state index contributed by atoms with van der Waals surface area (Å²) < 4.78 is 7.69. The lowest BCUT2D eigenvalue weighted by Crippen LogP contribution is -2.29. The highest BCUT2D eigenvalue weighted by molar-refractivity contribution is 6.76. The summed E-state index contributed by atoms with van der Waals surface area (Å²) in [5, 5.41) is 12.2. The minimum atomic E-state index is -1.07. The zero-order valence-electron chi connectivity index (χ0n) is 19.8. The second kappa shape index (κ2) is 10.6. The molecule has 4 rings (SSSR count). The van der Waals surface area contributed by atoms with Crippen LogP contribution >= 0.6 is 0 Å². The summed E-state index contributed by atoms with van der Waals surface area (Å²) in [5.74, 6) is 0. The maximum atomic E-state index is 5.84. The Bertz CT molecular complexity index is 1010. The van der Waals surface area contributed by atoms with Gasteiger partial charge in [0, 0.05) is 33.5 Å². The summed E-state index contributed by atoms with van der Waals surface area (Å²) >= 11 is 0. The van der Waals surface area contributed by atoms with Crippen LogP contribution in [0.4, 0.5) is 5.69 Å². The van der Waals surface area contributed by atoms with Crippen LogP contribution in [0.5, 0.6) is 0 Å². The highest BCUT2D eigenvalue weighted by atomic mass is 28.3. The number of nitrogens with zero attached hydrogens (tertiary/aromatic N) is 4. The van der Waals surface area contributed by atoms with Crippen molar-refractivity contribution in [3.63, 3.8) is 0 Å². The van der Waals surface area contributed by atoms with Crippen molar-refractivity contribution in [3.8, 4) is 0 Å². The average Bonchev–Trinajstić information content (AvgIpc) is 3.18. The molecule has 0 bridgehead atoms. The molecule has 2 aromatic carbocycles. The SMILES string of the molecule is C[Si](C)(C)CCOCn1nnc2cc(CNc3cccc(CN4CCCCC4)c3)ccc21. The summed E-state index contributed by atoms with van der Waals surface area (Å²) in [6.45, 7) is 12.6. The van der Waals surface area contributed by atoms with E-state index in [9.17, 15) is 0 Å². The molecule has 1 N–H and O–H groups in total. The fraction of sp³-hybridized carbons (Fsp3) is 0.520. The second-order valence-electron chi connectivity index (χ2n) is 10.2. The molecule has 0 radical (unpaired) electrons. The van der Waals surface area contributed by atoms with E-state index < -0.39 is 8.07 Å². The van der Waals surface area contributed by atoms with E-state index in [1.165, 1.54) is 49.2 Å². The Morgan fingerprint density at radius 1 is 1.00 bits per heavy atom. The van der Waals surface area contributed by atoms with Gasteiger partial charge >= 0.3 is 0 Å². The van der Waals surface area contributed by atoms with E-state index in [1.807, 2.05) is 4.68 Å². The molecule has 1 aromatic heterocycles. The van der Waals surface area contributed by atoms with Crippen LogP contribution in [0.25, 0.3) is 11.0 Å². The summed E-state index contributed by atoms with van der Waals surface area (Å²) in [5.41, 5.74) is 5.68. The minimum absolute atomic E-state index is 0.461. The molecule has 7 heteroatoms. The minimum Gasteiger partial charge on any atom is -0.381 e. The van der Waals surface area contributed by atoms with Crippen LogP contribution in [0, 0.1) is 0 Å². The van der Waals surface area contributed by atoms with E-state index in [2.05, 4.69) is 82.6 Å². The number of fused-ring (bicyclic) bond motifs is 1. The Balaban J connectivity index is 1.31. The number of rotatable bonds is 10. The van der Waals surface area contributed by atoms with Gasteiger partial charge in [-0.15, -0.1) is 5.10 Å². The third-order valence-electron chi connectivity index (χ3n) is 6.07. The molecule has 3 aromatic rings. The number of aromatic nitrogens is 3. The van der Waals surface area contributed by atoms with Gasteiger partial charge in [0.15, 0.2) is 0 Å². The molecule has 1 saturated heterocycles. The van der Waals surface area contributed by atoms with E-state index in [0.717, 1.165) is 36.8 Å². The first-order valence-corrected chi connectivity index (χ1v) is 15.6. The van der Waals surface area contributed by atoms with Gasteiger partial charge in [-0.2, -0.15) is 0 Å². The number of ether oxygens (including phenoxy) is 1. The topological polar surface area (TPSA) is 55.2 Å². The van der Waals surface area contributed by atoms with Crippen molar-refractivity contribution in [1.82, 2.24) is 19.9 Å². The van der Waals surface area contributed by atoms with E-state index >= 15 is 0 Å². The fourth-order valence-corrected chi connectivity index (χ4v) is 4.87. The van der Waals surface area contributed by atoms with Crippen molar-refractivity contribution in [1.29, 1.82) is 0 Å². The standard InChI is InChI=1S/C25H37N5OSi/c1-32(2,3)15-14-31-20-30-25-11-10-21(17-24(25)27-28-30)18-26-23-9-7-8-22(16-23)19-29-12-5-4-6-13-29/h7-11,16-17,26H,4-6,12-15,18-20H2,1-3H3. The number of hydrogen-bond acceptors (Lipinski definition) is 5. The van der Waals surface area contributed by atoms with Crippen LogP contribution in [0.1, 0.15) is 30.4 Å². The van der Waals surface area contributed by atoms with Crippen molar-refractivity contribution >= 4 is 24.8 Å². The summed E-state index contributed by atoms with van der Waals surface area (Å²) in [7, 11) is -1.07. The first kappa shape index (κ1) is 23.0. The quantitative estimate of drug-likeness (QED) is 0.333. The molecular formula is C25H37N5OSi. The molecule has 172 valence electrons. The van der Waals surface area contributed by atoms with Gasteiger partial charge in [0.05, 0.1) is 5.52 Å². The van der Waals surface area contributed by atoms with Crippen molar-refractivity contribution in [2.75, 3.05) is 25.0 Å². The molecule has 0 unspecified atom stereocenters. The van der Waals surface area contributed by atoms with Gasteiger partial charge in [0.1, 0.15) is 12.2 Å². The number of benzene rings is 2. The van der Waals surface area contributed by atoms with E-state index in [4.69, 9.17) is 4.74 Å². The predicted octanol–water partition coefficient (Wildman–Crippen LogP) is 5.34. The summed E-state index contributed by atoms with van der Waals surface area (Å²) in [6.07, 6.45) is 4.03. The second-order valence-corrected chi connectivity index (χ2v) is 15.8. The molecule has 1 fully saturated rings. The maximum Gasteiger partial charge on any atom is 0.141 e. The highest BCUT2D eigenvalue weighted by Crippen LogP contribution is 2.19. The summed E-state index contributed by atoms with van der Waals surface area (Å²) in [6, 6.07) is 16.3. The molecule has 1 aliphatic heterocycles. The number of anilines is 1. The van der Waals surface area contributed by atoms with Crippen LogP contribution in [-0.2, 0) is 24.6 Å². The zero-order chi connectivity index (χ0) is 22.4. The van der Waals surface area contributed by atoms with Gasteiger partial charge in [-0.1, -0.05) is 49.5 Å². The van der Waals surface area contributed by atoms with Crippen LogP contribution < -0.4 is 5.32 Å². The number of likely N-dealkylation sites (tertiary alicyclic amines) is 1. The fourth-order valence-electron chi connectivity index (χ4n) is 4.11. The molecule has 32 heavy (non-hydrogen) atoms. The molecule has 6 nitrogen and oxygen atoms in total. The third-order valence-corrected chi connectivity index (χ3v) is 7.77. The van der Waals surface area contributed by atoms with Crippen molar-refractivity contribution in [2.24, 2.45) is 0 Å². The normalized spacial score (nSPS) is 15.3. The molecule has 0 saturated carbocycles. The van der Waals surface area contributed by atoms with Gasteiger partial charge in [-0.3, -0.25) is 4.90 Å². The molecule has 0 atom stereocenters. The smallest absolute Gasteiger partial charge is 0.141 e. The Morgan fingerprint density at radius 2 is 1.84 bits per heavy atom. The molecule has 2 heterocycles. The van der Waals surface area contributed by atoms with Crippen LogP contribution in [0.15, 0.2) is 42.5 Å². The largest absolute Gasteiger partial charge is 0.381 e. The van der Waals surface area contributed by atoms with E-state index in [1.54, 1.807) is 0 Å². The average molecular weight is 452 g/mol. The van der Waals surface area contributed by atoms with Gasteiger partial charge in [-0.25, -0.2) is 4.68 Å². The zero-order valence-corrected chi connectivity index (χ0v) is 20.8. The number of piperidine rings is 1. The van der Waals surface area contributed by atoms with E-state index in [0.29, 0.717) is 6.73 Å². The highest BCUT2D eigenvalue weighted by Gasteiger charge is 2.13. The van der Waals surface area contributed by atoms with Crippen molar-refractivity contribution < 1.29 is 4.74 Å². The lowest BCUT2D eigenvalue weighted by molar-refractivity contribution is 0.0803. The lowest BCUT2D eigenvalue weighted by atomic mass is 10.1. The number of hydrogen-bond donors (Lipinski definition) is 1. The molecule has 0 amide bonds. The van der Waals surface area contributed by atoms with Crippen LogP contribution in [0.3, 0.4) is 0 Å². The van der Waals surface area contributed by atoms with Gasteiger partial charge in [0.2, 0.25) is 0 Å². The number of nitrogens with one attached hydrogen (secondary N) is 1. The molecule has 1 aliphatic rings. The first-order chi connectivity index (χ1) is 15.5.